The van der Waals surface area contributed by atoms with Gasteiger partial charge in [0.2, 0.25) is 0 Å². The Hall–Kier alpha value is -4.72. The topological polar surface area (TPSA) is 91.9 Å². The lowest BCUT2D eigenvalue weighted by molar-refractivity contribution is 0.483. The molecule has 7 heteroatoms. The zero-order valence-corrected chi connectivity index (χ0v) is 26.0. The van der Waals surface area contributed by atoms with E-state index in [1.54, 1.807) is 18.2 Å². The lowest BCUT2D eigenvalue weighted by atomic mass is 9.93. The molecule has 1 aliphatic heterocycles. The van der Waals surface area contributed by atoms with E-state index < -0.39 is 10.1 Å². The molecular weight excluding hydrogens is 568 g/mol. The molecule has 4 aromatic carbocycles. The number of anilines is 2. The highest BCUT2D eigenvalue weighted by Crippen LogP contribution is 2.43. The van der Waals surface area contributed by atoms with Gasteiger partial charge in [0, 0.05) is 45.6 Å². The minimum atomic E-state index is -4.50. The summed E-state index contributed by atoms with van der Waals surface area (Å²) in [5.74, 6) is 0.547. The molecule has 1 heterocycles. The molecule has 0 unspecified atom stereocenters. The number of para-hydroxylation sites is 2. The predicted molar refractivity (Wildman–Crippen MR) is 178 cm³/mol. The van der Waals surface area contributed by atoms with Gasteiger partial charge in [-0.25, -0.2) is 4.99 Å². The van der Waals surface area contributed by atoms with Crippen LogP contribution in [0, 0.1) is 13.8 Å². The third-order valence-electron chi connectivity index (χ3n) is 8.09. The molecular formula is C37H34N2O4S. The van der Waals surface area contributed by atoms with Crippen molar-refractivity contribution in [3.63, 3.8) is 0 Å². The lowest BCUT2D eigenvalue weighted by Gasteiger charge is -2.19. The molecule has 0 spiro atoms. The van der Waals surface area contributed by atoms with E-state index in [1.165, 1.54) is 17.2 Å². The molecule has 0 bridgehead atoms. The van der Waals surface area contributed by atoms with Crippen molar-refractivity contribution in [2.75, 3.05) is 5.32 Å². The van der Waals surface area contributed by atoms with Gasteiger partial charge in [-0.2, -0.15) is 8.42 Å². The molecule has 0 saturated carbocycles. The molecule has 0 saturated heterocycles. The molecule has 6 rings (SSSR count). The average molecular weight is 603 g/mol. The Morgan fingerprint density at radius 3 is 2.14 bits per heavy atom. The first-order chi connectivity index (χ1) is 21.2. The summed E-state index contributed by atoms with van der Waals surface area (Å²) < 4.78 is 41.7. The Morgan fingerprint density at radius 2 is 1.45 bits per heavy atom. The Morgan fingerprint density at radius 1 is 0.773 bits per heavy atom. The van der Waals surface area contributed by atoms with Crippen LogP contribution in [0.25, 0.3) is 33.4 Å². The van der Waals surface area contributed by atoms with Crippen LogP contribution in [0.15, 0.2) is 111 Å². The first kappa shape index (κ1) is 29.4. The Bertz CT molecular complexity index is 2140. The lowest BCUT2D eigenvalue weighted by Crippen LogP contribution is -2.05. The molecule has 0 aromatic heterocycles. The monoisotopic (exact) mass is 602 g/mol. The molecule has 0 radical (unpaired) electrons. The molecule has 6 nitrogen and oxygen atoms in total. The standard InChI is InChI=1S/C37H34N2O4S/c1-5-25-13-10-14-26(6-2)37(25)39-28-18-20-30-33(22-28)43-32-21-27(38-36-23(3)11-9-12-24(36)4)17-19-29(32)35(30)31-15-7-8-16-34(31)44(40,41)42/h7-22,39H,5-6H2,1-4H3,(H,40,41,42). The van der Waals surface area contributed by atoms with Crippen LogP contribution in [0.1, 0.15) is 36.1 Å². The number of benzene rings is 5. The van der Waals surface area contributed by atoms with Crippen LogP contribution in [0.4, 0.5) is 17.1 Å². The predicted octanol–water partition coefficient (Wildman–Crippen LogP) is 9.17. The van der Waals surface area contributed by atoms with E-state index in [1.807, 2.05) is 68.4 Å². The van der Waals surface area contributed by atoms with E-state index in [-0.39, 0.29) is 4.90 Å². The zero-order valence-electron chi connectivity index (χ0n) is 25.2. The highest BCUT2D eigenvalue weighted by molar-refractivity contribution is 7.86. The van der Waals surface area contributed by atoms with Crippen molar-refractivity contribution >= 4 is 38.1 Å². The summed E-state index contributed by atoms with van der Waals surface area (Å²) in [6.07, 6.45) is 1.78. The first-order valence-corrected chi connectivity index (χ1v) is 16.2. The van der Waals surface area contributed by atoms with Crippen molar-refractivity contribution in [2.24, 2.45) is 4.99 Å². The summed E-state index contributed by atoms with van der Waals surface area (Å²) >= 11 is 0. The quantitative estimate of drug-likeness (QED) is 0.140. The molecule has 0 fully saturated rings. The van der Waals surface area contributed by atoms with E-state index in [0.717, 1.165) is 46.4 Å². The minimum Gasteiger partial charge on any atom is -0.456 e. The Kier molecular flexibility index (Phi) is 7.84. The second kappa shape index (κ2) is 11.8. The van der Waals surface area contributed by atoms with Gasteiger partial charge in [-0.15, -0.1) is 0 Å². The fourth-order valence-corrected chi connectivity index (χ4v) is 6.57. The molecule has 222 valence electrons. The summed E-state index contributed by atoms with van der Waals surface area (Å²) in [7, 11) is -4.50. The number of fused-ring (bicyclic) bond motifs is 2. The molecule has 0 atom stereocenters. The molecule has 0 amide bonds. The number of hydrogen-bond acceptors (Lipinski definition) is 5. The fourth-order valence-electron chi connectivity index (χ4n) is 5.87. The van der Waals surface area contributed by atoms with Crippen LogP contribution in [-0.4, -0.2) is 13.0 Å². The highest BCUT2D eigenvalue weighted by atomic mass is 32.2. The SMILES string of the molecule is CCc1cccc(CC)c1Nc1ccc2c(-c3ccccc3S(=O)(=O)O)c3ccc(=Nc4c(C)cccc4C)cc-3oc2c1. The second-order valence-corrected chi connectivity index (χ2v) is 12.4. The van der Waals surface area contributed by atoms with Gasteiger partial charge in [-0.1, -0.05) is 68.4 Å². The maximum atomic E-state index is 12.5. The summed E-state index contributed by atoms with van der Waals surface area (Å²) in [4.78, 5) is 4.77. The number of nitrogens with zero attached hydrogens (tertiary/aromatic N) is 1. The second-order valence-electron chi connectivity index (χ2n) is 11.0. The van der Waals surface area contributed by atoms with Crippen LogP contribution < -0.4 is 10.7 Å². The van der Waals surface area contributed by atoms with Crippen molar-refractivity contribution in [1.82, 2.24) is 0 Å². The van der Waals surface area contributed by atoms with Gasteiger partial charge >= 0.3 is 0 Å². The van der Waals surface area contributed by atoms with Crippen molar-refractivity contribution in [1.29, 1.82) is 0 Å². The maximum absolute atomic E-state index is 12.5. The van der Waals surface area contributed by atoms with Gasteiger partial charge in [0.25, 0.3) is 10.1 Å². The number of nitrogens with one attached hydrogen (secondary N) is 1. The minimum absolute atomic E-state index is 0.162. The van der Waals surface area contributed by atoms with Gasteiger partial charge in [0.15, 0.2) is 0 Å². The third kappa shape index (κ3) is 5.52. The summed E-state index contributed by atoms with van der Waals surface area (Å²) in [6, 6.07) is 30.4. The summed E-state index contributed by atoms with van der Waals surface area (Å²) in [5, 5.41) is 5.05. The summed E-state index contributed by atoms with van der Waals surface area (Å²) in [6.45, 7) is 8.35. The van der Waals surface area contributed by atoms with Gasteiger partial charge in [0.1, 0.15) is 16.2 Å². The van der Waals surface area contributed by atoms with Crippen molar-refractivity contribution in [2.45, 2.75) is 45.4 Å². The van der Waals surface area contributed by atoms with E-state index in [2.05, 4.69) is 37.4 Å². The van der Waals surface area contributed by atoms with Crippen LogP contribution in [0.2, 0.25) is 0 Å². The Balaban J connectivity index is 1.62. The van der Waals surface area contributed by atoms with Gasteiger partial charge in [0.05, 0.1) is 11.0 Å². The van der Waals surface area contributed by atoms with Gasteiger partial charge in [-0.3, -0.25) is 4.55 Å². The van der Waals surface area contributed by atoms with E-state index in [0.29, 0.717) is 33.4 Å². The van der Waals surface area contributed by atoms with Crippen molar-refractivity contribution < 1.29 is 17.4 Å². The van der Waals surface area contributed by atoms with Crippen LogP contribution in [0.3, 0.4) is 0 Å². The van der Waals surface area contributed by atoms with Crippen molar-refractivity contribution in [3.05, 3.63) is 125 Å². The number of aryl methyl sites for hydroxylation is 4. The molecule has 2 aliphatic rings. The maximum Gasteiger partial charge on any atom is 0.295 e. The fraction of sp³-hybridized carbons (Fsp3) is 0.162. The average Bonchev–Trinajstić information content (AvgIpc) is 3.01. The van der Waals surface area contributed by atoms with E-state index in [9.17, 15) is 13.0 Å². The summed E-state index contributed by atoms with van der Waals surface area (Å²) in [5.41, 5.74) is 9.74. The largest absolute Gasteiger partial charge is 0.456 e. The number of rotatable bonds is 7. The third-order valence-corrected chi connectivity index (χ3v) is 9.00. The molecule has 1 aliphatic carbocycles. The van der Waals surface area contributed by atoms with Crippen LogP contribution >= 0.6 is 0 Å². The Labute approximate surface area is 257 Å². The number of hydrogen-bond donors (Lipinski definition) is 2. The van der Waals surface area contributed by atoms with Crippen LogP contribution in [0.5, 0.6) is 0 Å². The zero-order chi connectivity index (χ0) is 31.0. The normalized spacial score (nSPS) is 12.2. The molecule has 2 N–H and O–H groups in total. The van der Waals surface area contributed by atoms with Gasteiger partial charge < -0.3 is 9.73 Å². The van der Waals surface area contributed by atoms with Crippen molar-refractivity contribution in [3.8, 4) is 22.5 Å². The van der Waals surface area contributed by atoms with E-state index in [4.69, 9.17) is 9.41 Å². The molecule has 4 aromatic rings. The smallest absolute Gasteiger partial charge is 0.295 e. The van der Waals surface area contributed by atoms with Gasteiger partial charge in [-0.05, 0) is 79.3 Å². The van der Waals surface area contributed by atoms with Crippen LogP contribution in [-0.2, 0) is 23.0 Å². The highest BCUT2D eigenvalue weighted by Gasteiger charge is 2.23. The molecule has 44 heavy (non-hydrogen) atoms. The first-order valence-electron chi connectivity index (χ1n) is 14.7. The van der Waals surface area contributed by atoms with E-state index >= 15 is 0 Å².